The van der Waals surface area contributed by atoms with Gasteiger partial charge in [-0.25, -0.2) is 4.90 Å². The van der Waals surface area contributed by atoms with Gasteiger partial charge in [0.2, 0.25) is 5.91 Å². The Kier molecular flexibility index (Phi) is 6.32. The Morgan fingerprint density at radius 1 is 1.06 bits per heavy atom. The molecule has 2 aromatic rings. The summed E-state index contributed by atoms with van der Waals surface area (Å²) >= 11 is 5.96. The molecule has 0 unspecified atom stereocenters. The molecule has 0 aliphatic carbocycles. The van der Waals surface area contributed by atoms with Gasteiger partial charge in [-0.2, -0.15) is 0 Å². The van der Waals surface area contributed by atoms with Crippen molar-refractivity contribution in [3.63, 3.8) is 0 Å². The minimum absolute atomic E-state index is 0.159. The predicted octanol–water partition coefficient (Wildman–Crippen LogP) is 3.74. The fourth-order valence-corrected chi connectivity index (χ4v) is 4.46. The normalized spacial score (nSPS) is 21.5. The van der Waals surface area contributed by atoms with E-state index in [2.05, 4.69) is 0 Å². The minimum atomic E-state index is -0.944. The molecule has 2 aromatic carbocycles. The lowest BCUT2D eigenvalue weighted by atomic mass is 9.84. The van der Waals surface area contributed by atoms with Crippen molar-refractivity contribution in [1.82, 2.24) is 4.90 Å². The number of carbonyl (C=O) groups is 2. The van der Waals surface area contributed by atoms with Crippen molar-refractivity contribution in [1.29, 1.82) is 0 Å². The predicted molar refractivity (Wildman–Crippen MR) is 119 cm³/mol. The van der Waals surface area contributed by atoms with Gasteiger partial charge in [0.05, 0.1) is 30.4 Å². The summed E-state index contributed by atoms with van der Waals surface area (Å²) in [6.45, 7) is 3.74. The maximum atomic E-state index is 13.1. The highest BCUT2D eigenvalue weighted by Crippen LogP contribution is 2.36. The summed E-state index contributed by atoms with van der Waals surface area (Å²) in [6.07, 6.45) is 2.06. The number of hydrogen-bond acceptors (Lipinski definition) is 5. The summed E-state index contributed by atoms with van der Waals surface area (Å²) in [5.41, 5.74) is 0.453. The average Bonchev–Trinajstić information content (AvgIpc) is 3.07. The molecule has 2 fully saturated rings. The number of likely N-dealkylation sites (tertiary alicyclic amines) is 1. The number of nitrogens with zero attached hydrogens (tertiary/aromatic N) is 2. The van der Waals surface area contributed by atoms with E-state index in [1.165, 1.54) is 4.90 Å². The van der Waals surface area contributed by atoms with E-state index in [0.29, 0.717) is 43.2 Å². The Balaban J connectivity index is 1.42. The van der Waals surface area contributed by atoms with Crippen LogP contribution in [-0.2, 0) is 15.2 Å². The molecule has 2 aliphatic heterocycles. The van der Waals surface area contributed by atoms with Gasteiger partial charge < -0.3 is 9.84 Å². The molecule has 6 nitrogen and oxygen atoms in total. The number of piperidine rings is 1. The summed E-state index contributed by atoms with van der Waals surface area (Å²) in [5.74, 6) is 0.318. The van der Waals surface area contributed by atoms with Crippen LogP contribution in [0.3, 0.4) is 0 Å². The largest absolute Gasteiger partial charge is 0.494 e. The van der Waals surface area contributed by atoms with Crippen LogP contribution in [0, 0.1) is 0 Å². The number of carbonyl (C=O) groups excluding carboxylic acids is 2. The van der Waals surface area contributed by atoms with E-state index in [0.717, 1.165) is 17.7 Å². The van der Waals surface area contributed by atoms with Gasteiger partial charge in [0, 0.05) is 18.1 Å². The number of rotatable bonds is 6. The highest BCUT2D eigenvalue weighted by molar-refractivity contribution is 6.30. The van der Waals surface area contributed by atoms with Crippen LogP contribution in [0.2, 0.25) is 5.02 Å². The summed E-state index contributed by atoms with van der Waals surface area (Å²) in [4.78, 5) is 29.0. The van der Waals surface area contributed by atoms with E-state index < -0.39 is 11.6 Å². The second-order valence-electron chi connectivity index (χ2n) is 8.20. The first-order valence-corrected chi connectivity index (χ1v) is 11.1. The van der Waals surface area contributed by atoms with Crippen LogP contribution in [0.15, 0.2) is 48.5 Å². The van der Waals surface area contributed by atoms with Gasteiger partial charge in [-0.3, -0.25) is 14.5 Å². The van der Waals surface area contributed by atoms with E-state index in [4.69, 9.17) is 16.3 Å². The van der Waals surface area contributed by atoms with Crippen LogP contribution >= 0.6 is 11.6 Å². The molecule has 0 bridgehead atoms. The molecule has 2 saturated heterocycles. The van der Waals surface area contributed by atoms with Crippen LogP contribution in [0.1, 0.15) is 38.2 Å². The Labute approximate surface area is 187 Å². The topological polar surface area (TPSA) is 70.1 Å². The maximum Gasteiger partial charge on any atom is 0.251 e. The van der Waals surface area contributed by atoms with Crippen molar-refractivity contribution in [2.75, 3.05) is 24.6 Å². The molecule has 164 valence electrons. The van der Waals surface area contributed by atoms with Gasteiger partial charge in [0.15, 0.2) is 0 Å². The van der Waals surface area contributed by atoms with E-state index in [9.17, 15) is 14.7 Å². The quantitative estimate of drug-likeness (QED) is 0.690. The molecule has 4 rings (SSSR count). The molecule has 0 spiro atoms. The molecular weight excluding hydrogens is 416 g/mol. The molecule has 31 heavy (non-hydrogen) atoms. The lowest BCUT2D eigenvalue weighted by Crippen LogP contribution is -2.49. The highest BCUT2D eigenvalue weighted by Gasteiger charge is 2.45. The number of amides is 2. The van der Waals surface area contributed by atoms with Gasteiger partial charge >= 0.3 is 0 Å². The monoisotopic (exact) mass is 442 g/mol. The third-order valence-corrected chi connectivity index (χ3v) is 6.39. The van der Waals surface area contributed by atoms with Crippen LogP contribution in [-0.4, -0.2) is 47.6 Å². The second-order valence-corrected chi connectivity index (χ2v) is 8.64. The zero-order chi connectivity index (χ0) is 22.0. The van der Waals surface area contributed by atoms with E-state index >= 15 is 0 Å². The smallest absolute Gasteiger partial charge is 0.251 e. The molecule has 2 aliphatic rings. The number of halogens is 1. The highest BCUT2D eigenvalue weighted by atomic mass is 35.5. The molecule has 7 heteroatoms. The Morgan fingerprint density at radius 3 is 2.32 bits per heavy atom. The second kappa shape index (κ2) is 8.99. The van der Waals surface area contributed by atoms with Gasteiger partial charge in [0.1, 0.15) is 5.75 Å². The molecule has 0 radical (unpaired) electrons. The fraction of sp³-hybridized carbons (Fsp3) is 0.417. The van der Waals surface area contributed by atoms with Crippen molar-refractivity contribution in [2.24, 2.45) is 0 Å². The SMILES string of the molecule is CCCOc1ccc(N2C(=O)C[C@H](N3CCC(O)(c4ccc(Cl)cc4)CC3)C2=O)cc1. The molecule has 0 aromatic heterocycles. The summed E-state index contributed by atoms with van der Waals surface area (Å²) in [7, 11) is 0. The van der Waals surface area contributed by atoms with Crippen molar-refractivity contribution in [3.8, 4) is 5.75 Å². The van der Waals surface area contributed by atoms with Gasteiger partial charge in [-0.1, -0.05) is 30.7 Å². The molecule has 2 amide bonds. The summed E-state index contributed by atoms with van der Waals surface area (Å²) in [6, 6.07) is 13.8. The van der Waals surface area contributed by atoms with Crippen LogP contribution in [0.5, 0.6) is 5.75 Å². The number of benzene rings is 2. The van der Waals surface area contributed by atoms with Crippen molar-refractivity contribution in [2.45, 2.75) is 44.2 Å². The number of ether oxygens (including phenoxy) is 1. The Hall–Kier alpha value is -2.41. The van der Waals surface area contributed by atoms with Crippen LogP contribution < -0.4 is 9.64 Å². The van der Waals surface area contributed by atoms with E-state index in [1.807, 2.05) is 24.0 Å². The first-order chi connectivity index (χ1) is 14.9. The van der Waals surface area contributed by atoms with Crippen LogP contribution in [0.4, 0.5) is 5.69 Å². The Bertz CT molecular complexity index is 937. The van der Waals surface area contributed by atoms with Crippen molar-refractivity contribution < 1.29 is 19.4 Å². The lowest BCUT2D eigenvalue weighted by molar-refractivity contribution is -0.124. The molecule has 0 saturated carbocycles. The average molecular weight is 443 g/mol. The summed E-state index contributed by atoms with van der Waals surface area (Å²) in [5, 5.41) is 11.7. The fourth-order valence-electron chi connectivity index (χ4n) is 4.34. The third-order valence-electron chi connectivity index (χ3n) is 6.14. The first kappa shape index (κ1) is 21.8. The van der Waals surface area contributed by atoms with Crippen molar-refractivity contribution in [3.05, 3.63) is 59.1 Å². The summed E-state index contributed by atoms with van der Waals surface area (Å²) < 4.78 is 5.58. The zero-order valence-electron chi connectivity index (χ0n) is 17.6. The van der Waals surface area contributed by atoms with Gasteiger partial charge in [-0.15, -0.1) is 0 Å². The number of aliphatic hydroxyl groups is 1. The number of anilines is 1. The first-order valence-electron chi connectivity index (χ1n) is 10.7. The van der Waals surface area contributed by atoms with E-state index in [1.54, 1.807) is 36.4 Å². The molecular formula is C24H27ClN2O4. The standard InChI is InChI=1S/C24H27ClN2O4/c1-2-15-31-20-9-7-19(8-10-20)27-22(28)16-21(23(27)29)26-13-11-24(30,12-14-26)17-3-5-18(25)6-4-17/h3-10,21,30H,2,11-16H2,1H3/t21-/m0/s1. The zero-order valence-corrected chi connectivity index (χ0v) is 18.3. The molecule has 2 heterocycles. The molecule has 1 N–H and O–H groups in total. The number of hydrogen-bond donors (Lipinski definition) is 1. The Morgan fingerprint density at radius 2 is 1.71 bits per heavy atom. The molecule has 1 atom stereocenters. The maximum absolute atomic E-state index is 13.1. The number of imide groups is 1. The van der Waals surface area contributed by atoms with Gasteiger partial charge in [0.25, 0.3) is 5.91 Å². The minimum Gasteiger partial charge on any atom is -0.494 e. The van der Waals surface area contributed by atoms with Gasteiger partial charge in [-0.05, 0) is 61.2 Å². The lowest BCUT2D eigenvalue weighted by Gasteiger charge is -2.40. The van der Waals surface area contributed by atoms with E-state index in [-0.39, 0.29) is 18.2 Å². The van der Waals surface area contributed by atoms with Crippen LogP contribution in [0.25, 0.3) is 0 Å². The third kappa shape index (κ3) is 4.47. The van der Waals surface area contributed by atoms with Crippen molar-refractivity contribution >= 4 is 29.1 Å².